The molecule has 0 saturated carbocycles. The first-order valence-corrected chi connectivity index (χ1v) is 10.3. The molecule has 0 radical (unpaired) electrons. The lowest BCUT2D eigenvalue weighted by Crippen LogP contribution is -2.36. The first-order chi connectivity index (χ1) is 15.2. The molecule has 1 N–H and O–H groups in total. The molecular formula is C21H24ClF3N4O3. The van der Waals surface area contributed by atoms with Crippen molar-refractivity contribution < 1.29 is 27.4 Å². The number of halogens is 4. The number of rotatable bonds is 6. The van der Waals surface area contributed by atoms with Gasteiger partial charge in [0.1, 0.15) is 17.3 Å². The van der Waals surface area contributed by atoms with Gasteiger partial charge in [0.2, 0.25) is 5.91 Å². The van der Waals surface area contributed by atoms with E-state index in [0.717, 1.165) is 12.3 Å². The maximum absolute atomic E-state index is 12.9. The molecule has 7 nitrogen and oxygen atoms in total. The van der Waals surface area contributed by atoms with Crippen LogP contribution in [0.2, 0.25) is 5.02 Å². The van der Waals surface area contributed by atoms with Gasteiger partial charge in [0.25, 0.3) is 0 Å². The van der Waals surface area contributed by atoms with Crippen molar-refractivity contribution in [2.75, 3.05) is 57.2 Å². The highest BCUT2D eigenvalue weighted by Gasteiger charge is 2.32. The van der Waals surface area contributed by atoms with Crippen molar-refractivity contribution in [3.05, 3.63) is 41.0 Å². The zero-order valence-corrected chi connectivity index (χ0v) is 18.5. The number of pyridine rings is 1. The van der Waals surface area contributed by atoms with Gasteiger partial charge in [-0.25, -0.2) is 4.98 Å². The Bertz CT molecular complexity index is 958. The molecule has 1 aliphatic rings. The molecule has 1 aromatic carbocycles. The van der Waals surface area contributed by atoms with Gasteiger partial charge in [0.15, 0.2) is 0 Å². The number of carbonyl (C=O) groups is 1. The van der Waals surface area contributed by atoms with E-state index in [1.54, 1.807) is 25.3 Å². The summed E-state index contributed by atoms with van der Waals surface area (Å²) in [5.74, 6) is 1.22. The molecule has 2 heterocycles. The fourth-order valence-electron chi connectivity index (χ4n) is 3.45. The molecule has 2 aromatic rings. The summed E-state index contributed by atoms with van der Waals surface area (Å²) in [6, 6.07) is 6.00. The second kappa shape index (κ2) is 10.3. The first kappa shape index (κ1) is 23.9. The van der Waals surface area contributed by atoms with E-state index in [4.69, 9.17) is 21.1 Å². The highest BCUT2D eigenvalue weighted by Crippen LogP contribution is 2.34. The van der Waals surface area contributed by atoms with Gasteiger partial charge in [-0.15, -0.1) is 0 Å². The summed E-state index contributed by atoms with van der Waals surface area (Å²) in [4.78, 5) is 20.3. The van der Waals surface area contributed by atoms with E-state index in [2.05, 4.69) is 10.3 Å². The van der Waals surface area contributed by atoms with Crippen LogP contribution in [0.25, 0.3) is 0 Å². The third kappa shape index (κ3) is 5.95. The van der Waals surface area contributed by atoms with Crippen molar-refractivity contribution in [3.8, 4) is 11.5 Å². The molecule has 0 aliphatic carbocycles. The van der Waals surface area contributed by atoms with E-state index in [0.29, 0.717) is 55.6 Å². The Kier molecular flexibility index (Phi) is 7.68. The molecular weight excluding hydrogens is 449 g/mol. The summed E-state index contributed by atoms with van der Waals surface area (Å²) >= 11 is 6.08. The van der Waals surface area contributed by atoms with E-state index in [9.17, 15) is 18.0 Å². The summed E-state index contributed by atoms with van der Waals surface area (Å²) in [6.45, 7) is 2.41. The van der Waals surface area contributed by atoms with Crippen LogP contribution in [0.1, 0.15) is 12.0 Å². The first-order valence-electron chi connectivity index (χ1n) is 9.93. The fourth-order valence-corrected chi connectivity index (χ4v) is 3.74. The lowest BCUT2D eigenvalue weighted by molar-refractivity contribution is -0.137. The van der Waals surface area contributed by atoms with Crippen LogP contribution in [0.5, 0.6) is 11.5 Å². The fraction of sp³-hybridized carbons (Fsp3) is 0.429. The third-order valence-corrected chi connectivity index (χ3v) is 5.37. The number of amides is 1. The zero-order chi connectivity index (χ0) is 23.3. The number of carbonyl (C=O) groups excluding carboxylic acids is 1. The van der Waals surface area contributed by atoms with Crippen LogP contribution in [-0.4, -0.2) is 62.7 Å². The van der Waals surface area contributed by atoms with Crippen LogP contribution in [-0.2, 0) is 11.0 Å². The Hall–Kier alpha value is -2.72. The smallest absolute Gasteiger partial charge is 0.417 e. The van der Waals surface area contributed by atoms with Gasteiger partial charge < -0.3 is 19.7 Å². The Morgan fingerprint density at radius 2 is 1.94 bits per heavy atom. The minimum absolute atomic E-state index is 0.0439. The second-order valence-electron chi connectivity index (χ2n) is 7.26. The molecule has 1 aliphatic heterocycles. The van der Waals surface area contributed by atoms with Crippen LogP contribution in [0.3, 0.4) is 0 Å². The van der Waals surface area contributed by atoms with E-state index in [1.807, 2.05) is 9.80 Å². The quantitative estimate of drug-likeness (QED) is 0.687. The molecule has 32 heavy (non-hydrogen) atoms. The molecule has 0 unspecified atom stereocenters. The number of nitrogens with zero attached hydrogens (tertiary/aromatic N) is 3. The summed E-state index contributed by atoms with van der Waals surface area (Å²) < 4.78 is 49.0. The molecule has 1 saturated heterocycles. The van der Waals surface area contributed by atoms with Crippen molar-refractivity contribution in [1.82, 2.24) is 9.88 Å². The number of ether oxygens (including phenoxy) is 2. The highest BCUT2D eigenvalue weighted by atomic mass is 35.5. The Labute approximate surface area is 189 Å². The maximum Gasteiger partial charge on any atom is 0.417 e. The monoisotopic (exact) mass is 472 g/mol. The van der Waals surface area contributed by atoms with Gasteiger partial charge in [0, 0.05) is 38.4 Å². The predicted molar refractivity (Wildman–Crippen MR) is 116 cm³/mol. The number of anilines is 2. The molecule has 0 atom stereocenters. The van der Waals surface area contributed by atoms with E-state index >= 15 is 0 Å². The predicted octanol–water partition coefficient (Wildman–Crippen LogP) is 3.92. The largest absolute Gasteiger partial charge is 0.497 e. The number of hydrogen-bond acceptors (Lipinski definition) is 6. The van der Waals surface area contributed by atoms with Gasteiger partial charge in [-0.3, -0.25) is 9.69 Å². The lowest BCUT2D eigenvalue weighted by Gasteiger charge is -2.24. The zero-order valence-electron chi connectivity index (χ0n) is 17.7. The molecule has 0 bridgehead atoms. The Morgan fingerprint density at radius 3 is 2.59 bits per heavy atom. The van der Waals surface area contributed by atoms with Gasteiger partial charge in [-0.2, -0.15) is 13.2 Å². The van der Waals surface area contributed by atoms with E-state index < -0.39 is 11.7 Å². The van der Waals surface area contributed by atoms with Crippen molar-refractivity contribution in [1.29, 1.82) is 0 Å². The lowest BCUT2D eigenvalue weighted by atomic mass is 10.2. The normalized spacial score (nSPS) is 15.2. The molecule has 1 amide bonds. The summed E-state index contributed by atoms with van der Waals surface area (Å²) in [7, 11) is 3.05. The van der Waals surface area contributed by atoms with Crippen LogP contribution >= 0.6 is 11.6 Å². The SMILES string of the molecule is COc1ccc(NC(=O)CN2CCCN(c3ncc(C(F)(F)F)cc3Cl)CC2)c(OC)c1. The molecule has 174 valence electrons. The van der Waals surface area contributed by atoms with E-state index in [-0.39, 0.29) is 17.5 Å². The maximum atomic E-state index is 12.9. The molecule has 3 rings (SSSR count). The standard InChI is InChI=1S/C21H24ClF3N4O3/c1-31-15-4-5-17(18(11-15)32-2)27-19(30)13-28-6-3-7-29(9-8-28)20-16(22)10-14(12-26-20)21(23,24)25/h4-5,10-12H,3,6-9,13H2,1-2H3,(H,27,30). The van der Waals surface area contributed by atoms with Gasteiger partial charge in [-0.1, -0.05) is 11.6 Å². The van der Waals surface area contributed by atoms with Crippen molar-refractivity contribution >= 4 is 29.0 Å². The topological polar surface area (TPSA) is 66.9 Å². The Morgan fingerprint density at radius 1 is 1.16 bits per heavy atom. The number of hydrogen-bond donors (Lipinski definition) is 1. The van der Waals surface area contributed by atoms with Crippen LogP contribution < -0.4 is 19.7 Å². The number of aromatic nitrogens is 1. The number of methoxy groups -OCH3 is 2. The van der Waals surface area contributed by atoms with Crippen molar-refractivity contribution in [2.45, 2.75) is 12.6 Å². The van der Waals surface area contributed by atoms with Gasteiger partial charge >= 0.3 is 6.18 Å². The Balaban J connectivity index is 1.59. The molecule has 11 heteroatoms. The van der Waals surface area contributed by atoms with Crippen molar-refractivity contribution in [3.63, 3.8) is 0 Å². The summed E-state index contributed by atoms with van der Waals surface area (Å²) in [5, 5.41) is 2.79. The average molecular weight is 473 g/mol. The van der Waals surface area contributed by atoms with Crippen LogP contribution in [0.15, 0.2) is 30.5 Å². The summed E-state index contributed by atoms with van der Waals surface area (Å²) in [6.07, 6.45) is -3.00. The van der Waals surface area contributed by atoms with E-state index in [1.165, 1.54) is 7.11 Å². The average Bonchev–Trinajstić information content (AvgIpc) is 2.98. The van der Waals surface area contributed by atoms with Crippen LogP contribution in [0, 0.1) is 0 Å². The summed E-state index contributed by atoms with van der Waals surface area (Å²) in [5.41, 5.74) is -0.344. The van der Waals surface area contributed by atoms with Crippen LogP contribution in [0.4, 0.5) is 24.7 Å². The van der Waals surface area contributed by atoms with Gasteiger partial charge in [0.05, 0.1) is 37.0 Å². The minimum Gasteiger partial charge on any atom is -0.497 e. The van der Waals surface area contributed by atoms with Gasteiger partial charge in [-0.05, 0) is 24.6 Å². The molecule has 1 aromatic heterocycles. The highest BCUT2D eigenvalue weighted by molar-refractivity contribution is 6.33. The minimum atomic E-state index is -4.50. The number of benzene rings is 1. The molecule has 0 spiro atoms. The second-order valence-corrected chi connectivity index (χ2v) is 7.67. The number of alkyl halides is 3. The third-order valence-electron chi connectivity index (χ3n) is 5.09. The molecule has 1 fully saturated rings. The van der Waals surface area contributed by atoms with Crippen molar-refractivity contribution in [2.24, 2.45) is 0 Å². The number of nitrogens with one attached hydrogen (secondary N) is 1.